The van der Waals surface area contributed by atoms with Crippen molar-refractivity contribution in [3.8, 4) is 5.75 Å². The molecule has 0 saturated heterocycles. The predicted octanol–water partition coefficient (Wildman–Crippen LogP) is 2.09. The maximum atomic E-state index is 13.8. The molecule has 0 aliphatic carbocycles. The number of nitrogens with zero attached hydrogens (tertiary/aromatic N) is 2. The molecule has 1 aromatic heterocycles. The average Bonchev–Trinajstić information content (AvgIpc) is 2.48. The lowest BCUT2D eigenvalue weighted by Crippen LogP contribution is -2.27. The molecule has 2 rings (SSSR count). The number of ether oxygens (including phenoxy) is 1. The largest absolute Gasteiger partial charge is 0.497 e. The van der Waals surface area contributed by atoms with E-state index in [9.17, 15) is 9.18 Å². The lowest BCUT2D eigenvalue weighted by molar-refractivity contribution is 0.0989. The van der Waals surface area contributed by atoms with Gasteiger partial charge in [-0.3, -0.25) is 4.79 Å². The quantitative estimate of drug-likeness (QED) is 0.931. The number of nitrogens with two attached hydrogens (primary N) is 1. The Morgan fingerprint density at radius 1 is 1.40 bits per heavy atom. The summed E-state index contributed by atoms with van der Waals surface area (Å²) in [5, 5.41) is 0. The van der Waals surface area contributed by atoms with Gasteiger partial charge in [0.25, 0.3) is 5.91 Å². The van der Waals surface area contributed by atoms with Crippen LogP contribution in [0.2, 0.25) is 0 Å². The third kappa shape index (κ3) is 2.54. The van der Waals surface area contributed by atoms with Crippen molar-refractivity contribution in [3.63, 3.8) is 0 Å². The molecule has 2 aromatic rings. The molecular weight excluding hydrogens is 261 g/mol. The number of aromatic nitrogens is 1. The van der Waals surface area contributed by atoms with Gasteiger partial charge in [0.1, 0.15) is 5.75 Å². The number of carbonyl (C=O) groups excluding carboxylic acids is 1. The van der Waals surface area contributed by atoms with Gasteiger partial charge in [-0.15, -0.1) is 0 Å². The van der Waals surface area contributed by atoms with E-state index in [0.29, 0.717) is 11.4 Å². The summed E-state index contributed by atoms with van der Waals surface area (Å²) in [6.07, 6.45) is 1.30. The van der Waals surface area contributed by atoms with Crippen LogP contribution in [-0.2, 0) is 0 Å². The van der Waals surface area contributed by atoms with Crippen molar-refractivity contribution < 1.29 is 13.9 Å². The monoisotopic (exact) mass is 275 g/mol. The molecule has 104 valence electrons. The Morgan fingerprint density at radius 2 is 2.15 bits per heavy atom. The first-order chi connectivity index (χ1) is 9.54. The SMILES string of the molecule is COc1cccc(N(C)C(=O)c2ccnc(N)c2F)c1. The summed E-state index contributed by atoms with van der Waals surface area (Å²) in [7, 11) is 3.08. The van der Waals surface area contributed by atoms with Gasteiger partial charge >= 0.3 is 0 Å². The van der Waals surface area contributed by atoms with Gasteiger partial charge in [-0.2, -0.15) is 0 Å². The van der Waals surface area contributed by atoms with Crippen LogP contribution in [0, 0.1) is 5.82 Å². The third-order valence-electron chi connectivity index (χ3n) is 2.89. The smallest absolute Gasteiger partial charge is 0.261 e. The maximum absolute atomic E-state index is 13.8. The number of benzene rings is 1. The van der Waals surface area contributed by atoms with E-state index in [1.807, 2.05) is 0 Å². The Labute approximate surface area is 115 Å². The maximum Gasteiger partial charge on any atom is 0.261 e. The highest BCUT2D eigenvalue weighted by atomic mass is 19.1. The Bertz CT molecular complexity index is 646. The minimum Gasteiger partial charge on any atom is -0.497 e. The molecule has 20 heavy (non-hydrogen) atoms. The van der Waals surface area contributed by atoms with Crippen LogP contribution in [0.15, 0.2) is 36.5 Å². The van der Waals surface area contributed by atoms with Gasteiger partial charge in [0, 0.05) is 25.0 Å². The summed E-state index contributed by atoms with van der Waals surface area (Å²) in [4.78, 5) is 17.2. The number of methoxy groups -OCH3 is 1. The zero-order valence-electron chi connectivity index (χ0n) is 11.1. The Hall–Kier alpha value is -2.63. The number of nitrogen functional groups attached to an aromatic ring is 1. The first-order valence-electron chi connectivity index (χ1n) is 5.86. The second kappa shape index (κ2) is 5.56. The highest BCUT2D eigenvalue weighted by Crippen LogP contribution is 2.22. The van der Waals surface area contributed by atoms with E-state index in [1.165, 1.54) is 24.3 Å². The van der Waals surface area contributed by atoms with E-state index >= 15 is 0 Å². The molecule has 1 aromatic carbocycles. The van der Waals surface area contributed by atoms with Gasteiger partial charge in [0.15, 0.2) is 11.6 Å². The molecule has 1 heterocycles. The molecule has 0 aliphatic heterocycles. The second-order valence-electron chi connectivity index (χ2n) is 4.12. The van der Waals surface area contributed by atoms with Crippen molar-refractivity contribution >= 4 is 17.4 Å². The number of rotatable bonds is 3. The van der Waals surface area contributed by atoms with Crippen molar-refractivity contribution in [2.75, 3.05) is 24.8 Å². The van der Waals surface area contributed by atoms with Gasteiger partial charge < -0.3 is 15.4 Å². The van der Waals surface area contributed by atoms with E-state index < -0.39 is 11.7 Å². The van der Waals surface area contributed by atoms with Crippen molar-refractivity contribution in [2.45, 2.75) is 0 Å². The Kier molecular flexibility index (Phi) is 3.84. The number of hydrogen-bond acceptors (Lipinski definition) is 4. The number of pyridine rings is 1. The van der Waals surface area contributed by atoms with E-state index in [4.69, 9.17) is 10.5 Å². The molecular formula is C14H14FN3O2. The van der Waals surface area contributed by atoms with Crippen LogP contribution in [-0.4, -0.2) is 25.0 Å². The summed E-state index contributed by atoms with van der Waals surface area (Å²) in [6.45, 7) is 0. The minimum absolute atomic E-state index is 0.122. The first-order valence-corrected chi connectivity index (χ1v) is 5.86. The topological polar surface area (TPSA) is 68.5 Å². The molecule has 2 N–H and O–H groups in total. The average molecular weight is 275 g/mol. The van der Waals surface area contributed by atoms with E-state index in [-0.39, 0.29) is 11.4 Å². The van der Waals surface area contributed by atoms with Crippen LogP contribution in [0.4, 0.5) is 15.9 Å². The third-order valence-corrected chi connectivity index (χ3v) is 2.89. The highest BCUT2D eigenvalue weighted by molar-refractivity contribution is 6.06. The number of amides is 1. The Morgan fingerprint density at radius 3 is 2.85 bits per heavy atom. The summed E-state index contributed by atoms with van der Waals surface area (Å²) in [5.41, 5.74) is 5.83. The minimum atomic E-state index is -0.813. The summed E-state index contributed by atoms with van der Waals surface area (Å²) in [6, 6.07) is 8.20. The zero-order chi connectivity index (χ0) is 14.7. The fraction of sp³-hybridized carbons (Fsp3) is 0.143. The van der Waals surface area contributed by atoms with Crippen LogP contribution >= 0.6 is 0 Å². The molecule has 0 saturated carbocycles. The second-order valence-corrected chi connectivity index (χ2v) is 4.12. The molecule has 1 amide bonds. The van der Waals surface area contributed by atoms with Gasteiger partial charge in [-0.1, -0.05) is 6.07 Å². The number of halogens is 1. The molecule has 6 heteroatoms. The summed E-state index contributed by atoms with van der Waals surface area (Å²) < 4.78 is 18.9. The predicted molar refractivity (Wildman–Crippen MR) is 74.3 cm³/mol. The molecule has 5 nitrogen and oxygen atoms in total. The Balaban J connectivity index is 2.35. The van der Waals surface area contributed by atoms with Gasteiger partial charge in [0.05, 0.1) is 12.7 Å². The number of carbonyl (C=O) groups is 1. The fourth-order valence-corrected chi connectivity index (χ4v) is 1.74. The molecule has 0 spiro atoms. The van der Waals surface area contributed by atoms with Gasteiger partial charge in [-0.25, -0.2) is 9.37 Å². The van der Waals surface area contributed by atoms with Crippen LogP contribution in [0.1, 0.15) is 10.4 Å². The number of anilines is 2. The van der Waals surface area contributed by atoms with Crippen molar-refractivity contribution in [1.82, 2.24) is 4.98 Å². The zero-order valence-corrected chi connectivity index (χ0v) is 11.1. The van der Waals surface area contributed by atoms with E-state index in [1.54, 1.807) is 31.3 Å². The molecule has 0 unspecified atom stereocenters. The van der Waals surface area contributed by atoms with E-state index in [0.717, 1.165) is 0 Å². The van der Waals surface area contributed by atoms with E-state index in [2.05, 4.69) is 4.98 Å². The van der Waals surface area contributed by atoms with Crippen molar-refractivity contribution in [2.24, 2.45) is 0 Å². The lowest BCUT2D eigenvalue weighted by Gasteiger charge is -2.18. The molecule has 0 aliphatic rings. The highest BCUT2D eigenvalue weighted by Gasteiger charge is 2.19. The van der Waals surface area contributed by atoms with Gasteiger partial charge in [-0.05, 0) is 18.2 Å². The van der Waals surface area contributed by atoms with Crippen molar-refractivity contribution in [3.05, 3.63) is 47.9 Å². The summed E-state index contributed by atoms with van der Waals surface area (Å²) >= 11 is 0. The molecule has 0 bridgehead atoms. The van der Waals surface area contributed by atoms with Crippen LogP contribution in [0.3, 0.4) is 0 Å². The van der Waals surface area contributed by atoms with Gasteiger partial charge in [0.2, 0.25) is 0 Å². The van der Waals surface area contributed by atoms with Crippen LogP contribution < -0.4 is 15.4 Å². The van der Waals surface area contributed by atoms with Crippen LogP contribution in [0.25, 0.3) is 0 Å². The standard InChI is InChI=1S/C14H14FN3O2/c1-18(9-4-3-5-10(8-9)20-2)14(19)11-6-7-17-13(16)12(11)15/h3-8H,1-2H3,(H2,16,17). The molecule has 0 radical (unpaired) electrons. The lowest BCUT2D eigenvalue weighted by atomic mass is 10.2. The van der Waals surface area contributed by atoms with Crippen molar-refractivity contribution in [1.29, 1.82) is 0 Å². The first kappa shape index (κ1) is 13.8. The molecule has 0 atom stereocenters. The molecule has 0 fully saturated rings. The number of hydrogen-bond donors (Lipinski definition) is 1. The summed E-state index contributed by atoms with van der Waals surface area (Å²) in [5.74, 6) is -1.01. The normalized spacial score (nSPS) is 10.2. The van der Waals surface area contributed by atoms with Crippen LogP contribution in [0.5, 0.6) is 5.75 Å². The fourth-order valence-electron chi connectivity index (χ4n) is 1.74.